The third-order valence-corrected chi connectivity index (χ3v) is 4.31. The molecule has 0 saturated carbocycles. The van der Waals surface area contributed by atoms with E-state index in [1.165, 1.54) is 18.4 Å². The lowest BCUT2D eigenvalue weighted by Gasteiger charge is -2.29. The number of halogens is 1. The summed E-state index contributed by atoms with van der Waals surface area (Å²) >= 11 is 7.14. The van der Waals surface area contributed by atoms with Crippen molar-refractivity contribution in [2.45, 2.75) is 13.0 Å². The van der Waals surface area contributed by atoms with Gasteiger partial charge in [0.15, 0.2) is 15.2 Å². The molecule has 0 spiro atoms. The molecule has 112 valence electrons. The van der Waals surface area contributed by atoms with Crippen molar-refractivity contribution < 1.29 is 14.3 Å². The molecule has 0 radical (unpaired) electrons. The standard InChI is InChI=1S/C12H18ClN3O3S/c1-8(7-16-3-5-19-6-4-16)14-12-15-10(13)9(20-12)11(17)18-2/h8H,3-7H2,1-2H3,(H,14,15). The Morgan fingerprint density at radius 1 is 1.60 bits per heavy atom. The highest BCUT2D eigenvalue weighted by atomic mass is 35.5. The molecule has 6 nitrogen and oxygen atoms in total. The van der Waals surface area contributed by atoms with Crippen molar-refractivity contribution in [1.82, 2.24) is 9.88 Å². The van der Waals surface area contributed by atoms with Crippen molar-refractivity contribution in [2.75, 3.05) is 45.3 Å². The number of esters is 1. The largest absolute Gasteiger partial charge is 0.465 e. The number of morpholine rings is 1. The summed E-state index contributed by atoms with van der Waals surface area (Å²) in [7, 11) is 1.33. The minimum Gasteiger partial charge on any atom is -0.465 e. The van der Waals surface area contributed by atoms with Crippen molar-refractivity contribution >= 4 is 34.0 Å². The fourth-order valence-electron chi connectivity index (χ4n) is 2.01. The lowest BCUT2D eigenvalue weighted by atomic mass is 10.3. The van der Waals surface area contributed by atoms with Gasteiger partial charge in [-0.3, -0.25) is 4.90 Å². The molecule has 1 unspecified atom stereocenters. The first-order valence-electron chi connectivity index (χ1n) is 6.41. The fourth-order valence-corrected chi connectivity index (χ4v) is 3.22. The summed E-state index contributed by atoms with van der Waals surface area (Å²) < 4.78 is 9.97. The molecule has 20 heavy (non-hydrogen) atoms. The number of carbonyl (C=O) groups excluding carboxylic acids is 1. The minimum atomic E-state index is -0.457. The molecule has 8 heteroatoms. The van der Waals surface area contributed by atoms with Gasteiger partial charge in [-0.2, -0.15) is 0 Å². The van der Waals surface area contributed by atoms with Gasteiger partial charge in [0.25, 0.3) is 0 Å². The van der Waals surface area contributed by atoms with Gasteiger partial charge in [-0.15, -0.1) is 0 Å². The highest BCUT2D eigenvalue weighted by Gasteiger charge is 2.19. The van der Waals surface area contributed by atoms with Crippen molar-refractivity contribution in [3.63, 3.8) is 0 Å². The molecule has 0 aliphatic carbocycles. The Kier molecular flexibility index (Phi) is 5.59. The Hall–Kier alpha value is -0.890. The van der Waals surface area contributed by atoms with Crippen LogP contribution in [0.1, 0.15) is 16.6 Å². The predicted octanol–water partition coefficient (Wildman–Crippen LogP) is 1.72. The van der Waals surface area contributed by atoms with Crippen LogP contribution in [0.15, 0.2) is 0 Å². The smallest absolute Gasteiger partial charge is 0.351 e. The number of hydrogen-bond donors (Lipinski definition) is 1. The van der Waals surface area contributed by atoms with Crippen LogP contribution in [0, 0.1) is 0 Å². The molecule has 0 aromatic carbocycles. The SMILES string of the molecule is COC(=O)c1sc(NC(C)CN2CCOCC2)nc1Cl. The molecule has 1 atom stereocenters. The molecule has 1 aliphatic rings. The zero-order valence-electron chi connectivity index (χ0n) is 11.5. The molecule has 1 aliphatic heterocycles. The Morgan fingerprint density at radius 2 is 2.30 bits per heavy atom. The zero-order valence-corrected chi connectivity index (χ0v) is 13.1. The number of anilines is 1. The molecule has 1 fully saturated rings. The van der Waals surface area contributed by atoms with Crippen molar-refractivity contribution in [2.24, 2.45) is 0 Å². The van der Waals surface area contributed by atoms with Crippen molar-refractivity contribution in [1.29, 1.82) is 0 Å². The number of carbonyl (C=O) groups is 1. The van der Waals surface area contributed by atoms with Gasteiger partial charge in [-0.25, -0.2) is 9.78 Å². The first-order valence-corrected chi connectivity index (χ1v) is 7.61. The van der Waals surface area contributed by atoms with E-state index in [1.807, 2.05) is 0 Å². The fraction of sp³-hybridized carbons (Fsp3) is 0.667. The number of nitrogens with one attached hydrogen (secondary N) is 1. The van der Waals surface area contributed by atoms with Crippen LogP contribution in [-0.4, -0.2) is 61.9 Å². The van der Waals surface area contributed by atoms with Gasteiger partial charge in [0, 0.05) is 25.7 Å². The monoisotopic (exact) mass is 319 g/mol. The van der Waals surface area contributed by atoms with Crippen LogP contribution >= 0.6 is 22.9 Å². The van der Waals surface area contributed by atoms with E-state index in [2.05, 4.69) is 26.9 Å². The van der Waals surface area contributed by atoms with E-state index in [0.29, 0.717) is 10.0 Å². The van der Waals surface area contributed by atoms with Crippen LogP contribution in [0.3, 0.4) is 0 Å². The van der Waals surface area contributed by atoms with Crippen LogP contribution in [-0.2, 0) is 9.47 Å². The summed E-state index contributed by atoms with van der Waals surface area (Å²) in [5.41, 5.74) is 0. The van der Waals surface area contributed by atoms with Crippen LogP contribution < -0.4 is 5.32 Å². The number of nitrogens with zero attached hydrogens (tertiary/aromatic N) is 2. The van der Waals surface area contributed by atoms with E-state index in [0.717, 1.165) is 32.8 Å². The summed E-state index contributed by atoms with van der Waals surface area (Å²) in [5, 5.41) is 4.08. The van der Waals surface area contributed by atoms with Gasteiger partial charge < -0.3 is 14.8 Å². The second-order valence-electron chi connectivity index (χ2n) is 4.59. The molecule has 1 aromatic rings. The number of aromatic nitrogens is 1. The van der Waals surface area contributed by atoms with E-state index in [-0.39, 0.29) is 11.2 Å². The van der Waals surface area contributed by atoms with Crippen LogP contribution in [0.2, 0.25) is 5.15 Å². The molecule has 0 bridgehead atoms. The second-order valence-corrected chi connectivity index (χ2v) is 5.95. The Labute approximate surface area is 127 Å². The van der Waals surface area contributed by atoms with E-state index in [1.54, 1.807) is 0 Å². The summed E-state index contributed by atoms with van der Waals surface area (Å²) in [6.07, 6.45) is 0. The van der Waals surface area contributed by atoms with Gasteiger partial charge in [-0.05, 0) is 6.92 Å². The van der Waals surface area contributed by atoms with Crippen LogP contribution in [0.5, 0.6) is 0 Å². The third kappa shape index (κ3) is 4.05. The lowest BCUT2D eigenvalue weighted by Crippen LogP contribution is -2.42. The summed E-state index contributed by atoms with van der Waals surface area (Å²) in [6.45, 7) is 6.41. The second kappa shape index (κ2) is 7.21. The Morgan fingerprint density at radius 3 is 2.95 bits per heavy atom. The molecule has 0 amide bonds. The number of methoxy groups -OCH3 is 1. The van der Waals surface area contributed by atoms with E-state index in [4.69, 9.17) is 16.3 Å². The molecule has 2 heterocycles. The van der Waals surface area contributed by atoms with Crippen molar-refractivity contribution in [3.8, 4) is 0 Å². The van der Waals surface area contributed by atoms with Crippen LogP contribution in [0.25, 0.3) is 0 Å². The van der Waals surface area contributed by atoms with E-state index in [9.17, 15) is 4.79 Å². The zero-order chi connectivity index (χ0) is 14.5. The first kappa shape index (κ1) is 15.5. The van der Waals surface area contributed by atoms with Gasteiger partial charge in [-0.1, -0.05) is 22.9 Å². The molecular formula is C12H18ClN3O3S. The third-order valence-electron chi connectivity index (χ3n) is 2.96. The predicted molar refractivity (Wildman–Crippen MR) is 78.8 cm³/mol. The average molecular weight is 320 g/mol. The van der Waals surface area contributed by atoms with Crippen molar-refractivity contribution in [3.05, 3.63) is 10.0 Å². The van der Waals surface area contributed by atoms with Gasteiger partial charge >= 0.3 is 5.97 Å². The maximum absolute atomic E-state index is 11.5. The van der Waals surface area contributed by atoms with E-state index < -0.39 is 5.97 Å². The normalized spacial score (nSPS) is 17.8. The average Bonchev–Trinajstić information content (AvgIpc) is 2.79. The molecule has 1 N–H and O–H groups in total. The summed E-state index contributed by atoms with van der Waals surface area (Å²) in [5.74, 6) is -0.457. The van der Waals surface area contributed by atoms with Gasteiger partial charge in [0.05, 0.1) is 20.3 Å². The highest BCUT2D eigenvalue weighted by molar-refractivity contribution is 7.18. The summed E-state index contributed by atoms with van der Waals surface area (Å²) in [4.78, 5) is 18.3. The number of hydrogen-bond acceptors (Lipinski definition) is 7. The van der Waals surface area contributed by atoms with Gasteiger partial charge in [0.2, 0.25) is 0 Å². The first-order chi connectivity index (χ1) is 9.60. The van der Waals surface area contributed by atoms with Crippen LogP contribution in [0.4, 0.5) is 5.13 Å². The van der Waals surface area contributed by atoms with Gasteiger partial charge in [0.1, 0.15) is 0 Å². The summed E-state index contributed by atoms with van der Waals surface area (Å²) in [6, 6.07) is 0.209. The molecular weight excluding hydrogens is 302 g/mol. The minimum absolute atomic E-state index is 0.183. The number of rotatable bonds is 5. The Bertz CT molecular complexity index is 463. The lowest BCUT2D eigenvalue weighted by molar-refractivity contribution is 0.0368. The maximum atomic E-state index is 11.5. The number of ether oxygens (including phenoxy) is 2. The highest BCUT2D eigenvalue weighted by Crippen LogP contribution is 2.27. The molecule has 2 rings (SSSR count). The van der Waals surface area contributed by atoms with E-state index >= 15 is 0 Å². The molecule has 1 saturated heterocycles. The Balaban J connectivity index is 1.90. The molecule has 1 aromatic heterocycles. The number of thiazole rings is 1. The maximum Gasteiger partial charge on any atom is 0.351 e. The topological polar surface area (TPSA) is 63.7 Å². The quantitative estimate of drug-likeness (QED) is 0.834.